The van der Waals surface area contributed by atoms with Gasteiger partial charge in [-0.3, -0.25) is 19.3 Å². The summed E-state index contributed by atoms with van der Waals surface area (Å²) in [6.07, 6.45) is 0.704. The van der Waals surface area contributed by atoms with Crippen molar-refractivity contribution in [2.75, 3.05) is 6.54 Å². The van der Waals surface area contributed by atoms with E-state index in [2.05, 4.69) is 5.32 Å². The molecule has 1 N–H and O–H groups in total. The van der Waals surface area contributed by atoms with Crippen molar-refractivity contribution in [3.05, 3.63) is 70.8 Å². The second-order valence-electron chi connectivity index (χ2n) is 5.69. The Hall–Kier alpha value is -2.95. The van der Waals surface area contributed by atoms with E-state index in [0.717, 1.165) is 5.56 Å². The number of fused-ring (bicyclic) bond motifs is 1. The SMILES string of the molecule is CCCN1C(=O)c2ccc(C(=O)NCc3ccccc3)cc2C1=O. The number of hydrogen-bond acceptors (Lipinski definition) is 3. The van der Waals surface area contributed by atoms with E-state index >= 15 is 0 Å². The number of nitrogens with one attached hydrogen (secondary N) is 1. The number of imide groups is 1. The van der Waals surface area contributed by atoms with E-state index in [-0.39, 0.29) is 17.7 Å². The molecule has 0 unspecified atom stereocenters. The minimum atomic E-state index is -0.324. The summed E-state index contributed by atoms with van der Waals surface area (Å²) in [6, 6.07) is 14.2. The maximum absolute atomic E-state index is 12.3. The van der Waals surface area contributed by atoms with Crippen molar-refractivity contribution in [3.63, 3.8) is 0 Å². The molecule has 24 heavy (non-hydrogen) atoms. The van der Waals surface area contributed by atoms with Crippen LogP contribution >= 0.6 is 0 Å². The van der Waals surface area contributed by atoms with Crippen molar-refractivity contribution in [3.8, 4) is 0 Å². The van der Waals surface area contributed by atoms with E-state index < -0.39 is 0 Å². The summed E-state index contributed by atoms with van der Waals surface area (Å²) in [5.74, 6) is -0.876. The Morgan fingerprint density at radius 2 is 1.71 bits per heavy atom. The number of carbonyl (C=O) groups excluding carboxylic acids is 3. The van der Waals surface area contributed by atoms with Crippen LogP contribution < -0.4 is 5.32 Å². The van der Waals surface area contributed by atoms with Gasteiger partial charge in [0, 0.05) is 18.7 Å². The van der Waals surface area contributed by atoms with Crippen molar-refractivity contribution >= 4 is 17.7 Å². The van der Waals surface area contributed by atoms with Crippen molar-refractivity contribution in [1.82, 2.24) is 10.2 Å². The Bertz CT molecular complexity index is 800. The molecule has 0 atom stereocenters. The molecule has 2 aromatic carbocycles. The van der Waals surface area contributed by atoms with Crippen LogP contribution in [0.4, 0.5) is 0 Å². The van der Waals surface area contributed by atoms with Crippen LogP contribution in [-0.2, 0) is 6.54 Å². The fourth-order valence-electron chi connectivity index (χ4n) is 2.74. The second kappa shape index (κ2) is 6.66. The van der Waals surface area contributed by atoms with Gasteiger partial charge >= 0.3 is 0 Å². The third kappa shape index (κ3) is 2.93. The van der Waals surface area contributed by atoms with Crippen molar-refractivity contribution in [2.45, 2.75) is 19.9 Å². The molecule has 2 aromatic rings. The molecule has 1 aliphatic heterocycles. The second-order valence-corrected chi connectivity index (χ2v) is 5.69. The Labute approximate surface area is 140 Å². The molecule has 0 bridgehead atoms. The third-order valence-electron chi connectivity index (χ3n) is 3.98. The van der Waals surface area contributed by atoms with Crippen molar-refractivity contribution in [1.29, 1.82) is 0 Å². The summed E-state index contributed by atoms with van der Waals surface area (Å²) in [7, 11) is 0. The molecule has 5 nitrogen and oxygen atoms in total. The standard InChI is InChI=1S/C19H18N2O3/c1-2-10-21-18(23)15-9-8-14(11-16(15)19(21)24)17(22)20-12-13-6-4-3-5-7-13/h3-9,11H,2,10,12H2,1H3,(H,20,22). The smallest absolute Gasteiger partial charge is 0.261 e. The monoisotopic (exact) mass is 322 g/mol. The molecule has 0 aromatic heterocycles. The molecule has 1 heterocycles. The molecule has 3 rings (SSSR count). The Morgan fingerprint density at radius 3 is 2.42 bits per heavy atom. The summed E-state index contributed by atoms with van der Waals surface area (Å²) in [4.78, 5) is 38.0. The lowest BCUT2D eigenvalue weighted by atomic mass is 10.1. The first-order valence-electron chi connectivity index (χ1n) is 7.94. The number of rotatable bonds is 5. The molecule has 3 amide bonds. The van der Waals surface area contributed by atoms with Crippen molar-refractivity contribution < 1.29 is 14.4 Å². The van der Waals surface area contributed by atoms with Crippen LogP contribution in [0.1, 0.15) is 50.0 Å². The maximum Gasteiger partial charge on any atom is 0.261 e. The van der Waals surface area contributed by atoms with Crippen LogP contribution in [0, 0.1) is 0 Å². The molecular formula is C19H18N2O3. The zero-order valence-corrected chi connectivity index (χ0v) is 13.4. The highest BCUT2D eigenvalue weighted by molar-refractivity contribution is 6.22. The van der Waals surface area contributed by atoms with Gasteiger partial charge in [0.2, 0.25) is 0 Å². The average molecular weight is 322 g/mol. The highest BCUT2D eigenvalue weighted by atomic mass is 16.2. The summed E-state index contributed by atoms with van der Waals surface area (Å²) in [5, 5.41) is 2.82. The minimum absolute atomic E-state index is 0.268. The first kappa shape index (κ1) is 15.9. The number of nitrogens with zero attached hydrogens (tertiary/aromatic N) is 1. The van der Waals surface area contributed by atoms with Gasteiger partial charge in [0.05, 0.1) is 11.1 Å². The van der Waals surface area contributed by atoms with E-state index in [1.54, 1.807) is 12.1 Å². The highest BCUT2D eigenvalue weighted by Gasteiger charge is 2.35. The molecule has 0 saturated carbocycles. The summed E-state index contributed by atoms with van der Waals surface area (Å²) < 4.78 is 0. The molecule has 5 heteroatoms. The summed E-state index contributed by atoms with van der Waals surface area (Å²) in [6.45, 7) is 2.71. The van der Waals surface area contributed by atoms with E-state index in [1.807, 2.05) is 37.3 Å². The van der Waals surface area contributed by atoms with E-state index in [9.17, 15) is 14.4 Å². The van der Waals surface area contributed by atoms with E-state index in [1.165, 1.54) is 11.0 Å². The fraction of sp³-hybridized carbons (Fsp3) is 0.211. The van der Waals surface area contributed by atoms with Crippen LogP contribution in [-0.4, -0.2) is 29.2 Å². The van der Waals surface area contributed by atoms with Gasteiger partial charge in [-0.05, 0) is 30.2 Å². The van der Waals surface area contributed by atoms with Crippen LogP contribution in [0.2, 0.25) is 0 Å². The van der Waals surface area contributed by atoms with Gasteiger partial charge in [-0.2, -0.15) is 0 Å². The molecule has 0 fully saturated rings. The van der Waals surface area contributed by atoms with Gasteiger partial charge in [-0.15, -0.1) is 0 Å². The van der Waals surface area contributed by atoms with Gasteiger partial charge in [0.25, 0.3) is 17.7 Å². The molecule has 122 valence electrons. The lowest BCUT2D eigenvalue weighted by Gasteiger charge is -2.11. The van der Waals surface area contributed by atoms with Gasteiger partial charge in [0.1, 0.15) is 0 Å². The number of amides is 3. The largest absolute Gasteiger partial charge is 0.348 e. The van der Waals surface area contributed by atoms with Gasteiger partial charge in [0.15, 0.2) is 0 Å². The Balaban J connectivity index is 1.76. The van der Waals surface area contributed by atoms with Crippen molar-refractivity contribution in [2.24, 2.45) is 0 Å². The highest BCUT2D eigenvalue weighted by Crippen LogP contribution is 2.24. The molecule has 0 aliphatic carbocycles. The quantitative estimate of drug-likeness (QED) is 0.861. The average Bonchev–Trinajstić information content (AvgIpc) is 2.85. The van der Waals surface area contributed by atoms with Gasteiger partial charge in [-0.1, -0.05) is 37.3 Å². The van der Waals surface area contributed by atoms with Crippen LogP contribution in [0.5, 0.6) is 0 Å². The minimum Gasteiger partial charge on any atom is -0.348 e. The Morgan fingerprint density at radius 1 is 1.00 bits per heavy atom. The summed E-state index contributed by atoms with van der Waals surface area (Å²) >= 11 is 0. The first-order valence-corrected chi connectivity index (χ1v) is 7.94. The zero-order valence-electron chi connectivity index (χ0n) is 13.4. The van der Waals surface area contributed by atoms with Gasteiger partial charge < -0.3 is 5.32 Å². The van der Waals surface area contributed by atoms with E-state index in [4.69, 9.17) is 0 Å². The molecule has 0 saturated heterocycles. The van der Waals surface area contributed by atoms with Crippen LogP contribution in [0.15, 0.2) is 48.5 Å². The predicted octanol–water partition coefficient (Wildman–Crippen LogP) is 2.62. The van der Waals surface area contributed by atoms with E-state index in [0.29, 0.717) is 36.2 Å². The van der Waals surface area contributed by atoms with Gasteiger partial charge in [-0.25, -0.2) is 0 Å². The molecular weight excluding hydrogens is 304 g/mol. The predicted molar refractivity (Wildman–Crippen MR) is 89.7 cm³/mol. The number of carbonyl (C=O) groups is 3. The summed E-state index contributed by atoms with van der Waals surface area (Å²) in [5.41, 5.74) is 2.05. The molecule has 1 aliphatic rings. The molecule has 0 spiro atoms. The molecule has 0 radical (unpaired) electrons. The lowest BCUT2D eigenvalue weighted by molar-refractivity contribution is 0.0654. The first-order chi connectivity index (χ1) is 11.6. The van der Waals surface area contributed by atoms with Crippen LogP contribution in [0.3, 0.4) is 0 Å². The maximum atomic E-state index is 12.3. The lowest BCUT2D eigenvalue weighted by Crippen LogP contribution is -2.30. The number of hydrogen-bond donors (Lipinski definition) is 1. The number of benzene rings is 2. The fourth-order valence-corrected chi connectivity index (χ4v) is 2.74. The normalized spacial score (nSPS) is 13.1. The third-order valence-corrected chi connectivity index (χ3v) is 3.98. The van der Waals surface area contributed by atoms with Crippen LogP contribution in [0.25, 0.3) is 0 Å². The Kier molecular flexibility index (Phi) is 4.42. The zero-order chi connectivity index (χ0) is 17.1. The topological polar surface area (TPSA) is 66.5 Å².